The molecule has 0 spiro atoms. The standard InChI is InChI=1S/C37H26ClN3OS.C2H6/c1-5-8-14-23-20(4)43-37-32(23)39-36(35(38)40-37)41-27(7-3)22(6-2)29-25-16-11-12-17-26(25)31-30-24-15-10-9-13-21(24)18-19-28(30)42-34(31)33(29)41;1-2/h5-19H,1H2,2-4H3;1-2H3/b14-8-,22-6+,27-7+;. The fourth-order valence-electron chi connectivity index (χ4n) is 6.61. The average Bonchev–Trinajstić information content (AvgIpc) is 3.72. The van der Waals surface area contributed by atoms with Crippen LogP contribution in [-0.4, -0.2) is 14.5 Å². The highest BCUT2D eigenvalue weighted by Gasteiger charge is 2.25. The first-order chi connectivity index (χ1) is 22.0. The largest absolute Gasteiger partial charge is 0.454 e. The van der Waals surface area contributed by atoms with Crippen molar-refractivity contribution < 1.29 is 4.42 Å². The SMILES string of the molecule is C=C/C=C\c1c(C)sc2nc(Cl)c(-n3c(=C/C)/c(=C\C)c4c5ccccc5c5c(oc6ccc7ccccc7c65)c43)nc12.CC. The van der Waals surface area contributed by atoms with Crippen LogP contribution in [0.25, 0.3) is 88.8 Å². The van der Waals surface area contributed by atoms with Crippen molar-refractivity contribution in [2.45, 2.75) is 34.6 Å². The van der Waals surface area contributed by atoms with Crippen molar-refractivity contribution in [1.82, 2.24) is 14.5 Å². The van der Waals surface area contributed by atoms with Crippen molar-refractivity contribution in [3.05, 3.63) is 106 Å². The summed E-state index contributed by atoms with van der Waals surface area (Å²) in [6.45, 7) is 14.1. The van der Waals surface area contributed by atoms with E-state index in [9.17, 15) is 0 Å². The molecule has 8 aromatic rings. The van der Waals surface area contributed by atoms with Gasteiger partial charge in [-0.3, -0.25) is 4.57 Å². The zero-order valence-corrected chi connectivity index (χ0v) is 27.5. The molecule has 0 aliphatic rings. The van der Waals surface area contributed by atoms with Crippen LogP contribution >= 0.6 is 22.9 Å². The molecule has 0 radical (unpaired) electrons. The molecule has 222 valence electrons. The van der Waals surface area contributed by atoms with Crippen LogP contribution in [0.5, 0.6) is 0 Å². The molecule has 0 unspecified atom stereocenters. The first-order valence-electron chi connectivity index (χ1n) is 15.2. The van der Waals surface area contributed by atoms with E-state index in [4.69, 9.17) is 26.0 Å². The number of aryl methyl sites for hydroxylation is 1. The molecule has 8 rings (SSSR count). The number of allylic oxidation sites excluding steroid dienone is 2. The maximum absolute atomic E-state index is 7.04. The van der Waals surface area contributed by atoms with Crippen molar-refractivity contribution >= 4 is 106 Å². The molecule has 45 heavy (non-hydrogen) atoms. The van der Waals surface area contributed by atoms with Crippen LogP contribution in [0, 0.1) is 6.92 Å². The summed E-state index contributed by atoms with van der Waals surface area (Å²) in [5, 5.41) is 10.4. The smallest absolute Gasteiger partial charge is 0.176 e. The lowest BCUT2D eigenvalue weighted by atomic mass is 9.97. The third kappa shape index (κ3) is 4.18. The van der Waals surface area contributed by atoms with Gasteiger partial charge in [0.15, 0.2) is 16.6 Å². The van der Waals surface area contributed by atoms with E-state index in [0.29, 0.717) is 11.0 Å². The molecule has 0 amide bonds. The zero-order valence-electron chi connectivity index (χ0n) is 25.9. The van der Waals surface area contributed by atoms with E-state index in [1.54, 1.807) is 17.4 Å². The lowest BCUT2D eigenvalue weighted by Crippen LogP contribution is -2.28. The van der Waals surface area contributed by atoms with Crippen LogP contribution in [0.3, 0.4) is 0 Å². The molecule has 0 aliphatic carbocycles. The Morgan fingerprint density at radius 2 is 1.58 bits per heavy atom. The Bertz CT molecular complexity index is 2640. The summed E-state index contributed by atoms with van der Waals surface area (Å²) in [4.78, 5) is 12.0. The normalized spacial score (nSPS) is 12.9. The molecule has 4 aromatic carbocycles. The van der Waals surface area contributed by atoms with Gasteiger partial charge >= 0.3 is 0 Å². The molecule has 0 bridgehead atoms. The molecule has 0 saturated heterocycles. The van der Waals surface area contributed by atoms with Crippen LogP contribution in [-0.2, 0) is 0 Å². The number of hydrogen-bond acceptors (Lipinski definition) is 4. The van der Waals surface area contributed by atoms with Gasteiger partial charge in [0, 0.05) is 31.8 Å². The number of fused-ring (bicyclic) bond motifs is 11. The minimum absolute atomic E-state index is 0.346. The Labute approximate surface area is 269 Å². The van der Waals surface area contributed by atoms with Crippen molar-refractivity contribution in [2.75, 3.05) is 0 Å². The van der Waals surface area contributed by atoms with E-state index < -0.39 is 0 Å². The Balaban J connectivity index is 0.00000160. The molecule has 4 aromatic heterocycles. The highest BCUT2D eigenvalue weighted by Crippen LogP contribution is 2.43. The lowest BCUT2D eigenvalue weighted by Gasteiger charge is -2.10. The van der Waals surface area contributed by atoms with Crippen LogP contribution in [0.1, 0.15) is 38.1 Å². The number of rotatable bonds is 3. The number of benzene rings is 4. The molecule has 4 nitrogen and oxygen atoms in total. The summed E-state index contributed by atoms with van der Waals surface area (Å²) in [6.07, 6.45) is 10.0. The summed E-state index contributed by atoms with van der Waals surface area (Å²) in [6, 6.07) is 21.3. The van der Waals surface area contributed by atoms with Gasteiger partial charge in [-0.15, -0.1) is 11.3 Å². The summed E-state index contributed by atoms with van der Waals surface area (Å²) in [5.74, 6) is 0.577. The first kappa shape index (κ1) is 29.0. The monoisotopic (exact) mass is 625 g/mol. The minimum Gasteiger partial charge on any atom is -0.454 e. The van der Waals surface area contributed by atoms with E-state index in [-0.39, 0.29) is 0 Å². The predicted octanol–water partition coefficient (Wildman–Crippen LogP) is 10.6. The maximum Gasteiger partial charge on any atom is 0.176 e. The number of hydrogen-bond donors (Lipinski definition) is 0. The Hall–Kier alpha value is -4.71. The topological polar surface area (TPSA) is 43.9 Å². The quantitative estimate of drug-likeness (QED) is 0.183. The predicted molar refractivity (Wildman–Crippen MR) is 196 cm³/mol. The van der Waals surface area contributed by atoms with Crippen LogP contribution < -0.4 is 10.6 Å². The summed E-state index contributed by atoms with van der Waals surface area (Å²) < 4.78 is 9.00. The molecule has 0 fully saturated rings. The molecule has 0 atom stereocenters. The molecule has 0 aliphatic heterocycles. The van der Waals surface area contributed by atoms with E-state index >= 15 is 0 Å². The fourth-order valence-corrected chi connectivity index (χ4v) is 7.83. The second-order valence-corrected chi connectivity index (χ2v) is 12.2. The lowest BCUT2D eigenvalue weighted by molar-refractivity contribution is 0.671. The number of aromatic nitrogens is 3. The molecule has 4 heterocycles. The van der Waals surface area contributed by atoms with E-state index in [2.05, 4.69) is 105 Å². The molecular weight excluding hydrogens is 594 g/mol. The van der Waals surface area contributed by atoms with E-state index in [1.165, 1.54) is 5.39 Å². The highest BCUT2D eigenvalue weighted by molar-refractivity contribution is 7.18. The number of nitrogens with zero attached hydrogens (tertiary/aromatic N) is 3. The van der Waals surface area contributed by atoms with Gasteiger partial charge in [0.2, 0.25) is 0 Å². The summed E-state index contributed by atoms with van der Waals surface area (Å²) in [7, 11) is 0. The van der Waals surface area contributed by atoms with Gasteiger partial charge in [-0.25, -0.2) is 9.97 Å². The molecule has 0 saturated carbocycles. The van der Waals surface area contributed by atoms with Gasteiger partial charge in [-0.1, -0.05) is 117 Å². The summed E-state index contributed by atoms with van der Waals surface area (Å²) >= 11 is 8.63. The van der Waals surface area contributed by atoms with Crippen molar-refractivity contribution in [3.63, 3.8) is 0 Å². The maximum atomic E-state index is 7.04. The highest BCUT2D eigenvalue weighted by atomic mass is 35.5. The van der Waals surface area contributed by atoms with Crippen molar-refractivity contribution in [1.29, 1.82) is 0 Å². The van der Waals surface area contributed by atoms with Gasteiger partial charge < -0.3 is 4.42 Å². The van der Waals surface area contributed by atoms with Crippen LogP contribution in [0.4, 0.5) is 0 Å². The zero-order chi connectivity index (χ0) is 31.4. The third-order valence-corrected chi connectivity index (χ3v) is 9.63. The third-order valence-electron chi connectivity index (χ3n) is 8.37. The number of halogens is 1. The minimum atomic E-state index is 0.346. The van der Waals surface area contributed by atoms with Crippen molar-refractivity contribution in [2.24, 2.45) is 0 Å². The van der Waals surface area contributed by atoms with Gasteiger partial charge in [0.25, 0.3) is 0 Å². The molecule has 0 N–H and O–H groups in total. The Morgan fingerprint density at radius 3 is 2.29 bits per heavy atom. The average molecular weight is 626 g/mol. The molecular formula is C39H32ClN3OS. The first-order valence-corrected chi connectivity index (χ1v) is 16.4. The molecule has 6 heteroatoms. The van der Waals surface area contributed by atoms with E-state index in [1.807, 2.05) is 26.0 Å². The van der Waals surface area contributed by atoms with Gasteiger partial charge in [0.05, 0.1) is 10.9 Å². The Morgan fingerprint density at radius 1 is 0.867 bits per heavy atom. The van der Waals surface area contributed by atoms with E-state index in [0.717, 1.165) is 80.4 Å². The Kier molecular flexibility index (Phi) is 7.31. The van der Waals surface area contributed by atoms with Crippen molar-refractivity contribution in [3.8, 4) is 5.82 Å². The van der Waals surface area contributed by atoms with Gasteiger partial charge in [-0.05, 0) is 48.4 Å². The number of furan rings is 1. The summed E-state index contributed by atoms with van der Waals surface area (Å²) in [5.41, 5.74) is 4.43. The van der Waals surface area contributed by atoms with Gasteiger partial charge in [-0.2, -0.15) is 0 Å². The second-order valence-electron chi connectivity index (χ2n) is 10.6. The van der Waals surface area contributed by atoms with Crippen LogP contribution in [0.2, 0.25) is 5.15 Å². The number of thiophene rings is 1. The van der Waals surface area contributed by atoms with Gasteiger partial charge in [0.1, 0.15) is 15.9 Å². The van der Waals surface area contributed by atoms with Crippen LogP contribution in [0.15, 0.2) is 83.8 Å². The second kappa shape index (κ2) is 11.3. The fraction of sp³-hybridized carbons (Fsp3) is 0.128.